The maximum atomic E-state index is 12.2. The van der Waals surface area contributed by atoms with Crippen molar-refractivity contribution in [3.63, 3.8) is 0 Å². The van der Waals surface area contributed by atoms with E-state index in [2.05, 4.69) is 0 Å². The van der Waals surface area contributed by atoms with Gasteiger partial charge < -0.3 is 14.7 Å². The maximum Gasteiger partial charge on any atom is 0.342 e. The van der Waals surface area contributed by atoms with E-state index in [1.54, 1.807) is 19.1 Å². The third-order valence-corrected chi connectivity index (χ3v) is 5.51. The summed E-state index contributed by atoms with van der Waals surface area (Å²) >= 11 is 0. The number of rotatable bonds is 5. The van der Waals surface area contributed by atoms with Crippen LogP contribution in [0, 0.1) is 0 Å². The van der Waals surface area contributed by atoms with Gasteiger partial charge in [-0.3, -0.25) is 4.79 Å². The molecule has 1 unspecified atom stereocenters. The zero-order valence-electron chi connectivity index (χ0n) is 12.8. The van der Waals surface area contributed by atoms with Gasteiger partial charge in [0.2, 0.25) is 0 Å². The summed E-state index contributed by atoms with van der Waals surface area (Å²) in [5, 5.41) is 9.57. The number of aromatic hydroxyl groups is 1. The lowest BCUT2D eigenvalue weighted by Gasteiger charge is -2.26. The number of hydrogen-bond acceptors (Lipinski definition) is 6. The fraction of sp³-hybridized carbons (Fsp3) is 0.467. The minimum Gasteiger partial charge on any atom is -0.507 e. The van der Waals surface area contributed by atoms with Crippen LogP contribution in [0.2, 0.25) is 0 Å². The molecule has 0 radical (unpaired) electrons. The molecule has 1 atom stereocenters. The van der Waals surface area contributed by atoms with Gasteiger partial charge in [0.15, 0.2) is 16.4 Å². The molecule has 1 aliphatic heterocycles. The molecule has 1 amide bonds. The summed E-state index contributed by atoms with van der Waals surface area (Å²) in [6.07, 6.45) is 0.398. The molecule has 1 fully saturated rings. The first-order chi connectivity index (χ1) is 10.8. The smallest absolute Gasteiger partial charge is 0.342 e. The zero-order valence-corrected chi connectivity index (χ0v) is 13.6. The van der Waals surface area contributed by atoms with Gasteiger partial charge in [0.1, 0.15) is 11.3 Å². The Kier molecular flexibility index (Phi) is 5.25. The van der Waals surface area contributed by atoms with Gasteiger partial charge in [-0.05, 0) is 25.5 Å². The highest BCUT2D eigenvalue weighted by Gasteiger charge is 2.34. The fourth-order valence-electron chi connectivity index (χ4n) is 2.59. The number of para-hydroxylation sites is 1. The largest absolute Gasteiger partial charge is 0.507 e. The Hall–Kier alpha value is -2.09. The molecule has 0 aliphatic carbocycles. The second-order valence-electron chi connectivity index (χ2n) is 5.33. The lowest BCUT2D eigenvalue weighted by atomic mass is 10.2. The third kappa shape index (κ3) is 4.22. The summed E-state index contributed by atoms with van der Waals surface area (Å²) < 4.78 is 28.0. The fourth-order valence-corrected chi connectivity index (χ4v) is 4.32. The Bertz CT molecular complexity index is 700. The van der Waals surface area contributed by atoms with E-state index in [0.29, 0.717) is 13.0 Å². The minimum atomic E-state index is -3.10. The van der Waals surface area contributed by atoms with Crippen LogP contribution in [0.15, 0.2) is 24.3 Å². The van der Waals surface area contributed by atoms with Crippen molar-refractivity contribution in [3.8, 4) is 5.75 Å². The first kappa shape index (κ1) is 17.3. The van der Waals surface area contributed by atoms with E-state index in [1.165, 1.54) is 17.0 Å². The van der Waals surface area contributed by atoms with Crippen LogP contribution in [0.3, 0.4) is 0 Å². The maximum absolute atomic E-state index is 12.2. The van der Waals surface area contributed by atoms with Crippen LogP contribution in [-0.4, -0.2) is 61.0 Å². The highest BCUT2D eigenvalue weighted by molar-refractivity contribution is 7.91. The van der Waals surface area contributed by atoms with E-state index >= 15 is 0 Å². The molecule has 126 valence electrons. The molecule has 1 aromatic carbocycles. The van der Waals surface area contributed by atoms with Crippen LogP contribution in [0.5, 0.6) is 5.75 Å². The van der Waals surface area contributed by atoms with Crippen molar-refractivity contribution in [1.29, 1.82) is 0 Å². The molecule has 1 N–H and O–H groups in total. The number of likely N-dealkylation sites (N-methyl/N-ethyl adjacent to an activating group) is 1. The van der Waals surface area contributed by atoms with Gasteiger partial charge in [0, 0.05) is 12.6 Å². The molecule has 1 aliphatic rings. The van der Waals surface area contributed by atoms with Crippen molar-refractivity contribution in [2.24, 2.45) is 0 Å². The molecule has 8 heteroatoms. The third-order valence-electron chi connectivity index (χ3n) is 3.76. The van der Waals surface area contributed by atoms with E-state index in [4.69, 9.17) is 4.74 Å². The number of carbonyl (C=O) groups excluding carboxylic acids is 2. The molecule has 0 bridgehead atoms. The summed E-state index contributed by atoms with van der Waals surface area (Å²) in [4.78, 5) is 25.5. The average Bonchev–Trinajstić information content (AvgIpc) is 2.86. The van der Waals surface area contributed by atoms with E-state index in [1.807, 2.05) is 0 Å². The van der Waals surface area contributed by atoms with E-state index in [-0.39, 0.29) is 28.9 Å². The second kappa shape index (κ2) is 6.99. The van der Waals surface area contributed by atoms with Crippen LogP contribution in [0.25, 0.3) is 0 Å². The second-order valence-corrected chi connectivity index (χ2v) is 7.56. The number of ether oxygens (including phenoxy) is 1. The first-order valence-corrected chi connectivity index (χ1v) is 9.11. The van der Waals surface area contributed by atoms with Crippen molar-refractivity contribution in [2.45, 2.75) is 19.4 Å². The monoisotopic (exact) mass is 341 g/mol. The minimum absolute atomic E-state index is 0.0215. The van der Waals surface area contributed by atoms with E-state index < -0.39 is 28.3 Å². The summed E-state index contributed by atoms with van der Waals surface area (Å²) in [5.41, 5.74) is -0.0215. The Morgan fingerprint density at radius 3 is 2.61 bits per heavy atom. The molecule has 0 spiro atoms. The summed E-state index contributed by atoms with van der Waals surface area (Å²) in [5.74, 6) is -1.46. The van der Waals surface area contributed by atoms with Crippen molar-refractivity contribution in [3.05, 3.63) is 29.8 Å². The van der Waals surface area contributed by atoms with E-state index in [0.717, 1.165) is 0 Å². The number of amides is 1. The molecule has 7 nitrogen and oxygen atoms in total. The number of nitrogens with zero attached hydrogens (tertiary/aromatic N) is 1. The quantitative estimate of drug-likeness (QED) is 0.787. The van der Waals surface area contributed by atoms with Gasteiger partial charge in [0.05, 0.1) is 11.5 Å². The standard InChI is InChI=1S/C15H19NO6S/c1-2-16(11-7-8-23(20,21)10-11)14(18)9-22-15(19)12-5-3-4-6-13(12)17/h3-6,11,17H,2,7-10H2,1H3. The normalized spacial score (nSPS) is 19.3. The molecule has 23 heavy (non-hydrogen) atoms. The Morgan fingerprint density at radius 1 is 1.35 bits per heavy atom. The SMILES string of the molecule is CCN(C(=O)COC(=O)c1ccccc1O)C1CCS(=O)(=O)C1. The first-order valence-electron chi connectivity index (χ1n) is 7.29. The van der Waals surface area contributed by atoms with Gasteiger partial charge >= 0.3 is 5.97 Å². The van der Waals surface area contributed by atoms with Gasteiger partial charge in [0.25, 0.3) is 5.91 Å². The number of esters is 1. The Balaban J connectivity index is 1.95. The lowest BCUT2D eigenvalue weighted by Crippen LogP contribution is -2.43. The van der Waals surface area contributed by atoms with Crippen molar-refractivity contribution >= 4 is 21.7 Å². The molecule has 1 heterocycles. The van der Waals surface area contributed by atoms with Crippen molar-refractivity contribution < 1.29 is 27.9 Å². The number of benzene rings is 1. The van der Waals surface area contributed by atoms with Gasteiger partial charge in [-0.15, -0.1) is 0 Å². The zero-order chi connectivity index (χ0) is 17.0. The lowest BCUT2D eigenvalue weighted by molar-refractivity contribution is -0.136. The van der Waals surface area contributed by atoms with Gasteiger partial charge in [-0.1, -0.05) is 12.1 Å². The highest BCUT2D eigenvalue weighted by atomic mass is 32.2. The van der Waals surface area contributed by atoms with E-state index in [9.17, 15) is 23.1 Å². The summed E-state index contributed by atoms with van der Waals surface area (Å²) in [7, 11) is -3.10. The number of carbonyl (C=O) groups is 2. The molecular formula is C15H19NO6S. The van der Waals surface area contributed by atoms with Gasteiger partial charge in [-0.2, -0.15) is 0 Å². The van der Waals surface area contributed by atoms with Crippen LogP contribution >= 0.6 is 0 Å². The predicted octanol–water partition coefficient (Wildman–Crippen LogP) is 0.585. The molecule has 0 aromatic heterocycles. The Morgan fingerprint density at radius 2 is 2.04 bits per heavy atom. The van der Waals surface area contributed by atoms with Crippen molar-refractivity contribution in [1.82, 2.24) is 4.90 Å². The predicted molar refractivity (Wildman–Crippen MR) is 82.8 cm³/mol. The van der Waals surface area contributed by atoms with Crippen molar-refractivity contribution in [2.75, 3.05) is 24.7 Å². The van der Waals surface area contributed by atoms with Crippen LogP contribution < -0.4 is 0 Å². The summed E-state index contributed by atoms with van der Waals surface area (Å²) in [6, 6.07) is 5.50. The van der Waals surface area contributed by atoms with Gasteiger partial charge in [-0.25, -0.2) is 13.2 Å². The molecule has 2 rings (SSSR count). The number of phenolic OH excluding ortho intramolecular Hbond substituents is 1. The molecule has 1 saturated heterocycles. The van der Waals surface area contributed by atoms with Crippen LogP contribution in [0.1, 0.15) is 23.7 Å². The number of phenols is 1. The summed E-state index contributed by atoms with van der Waals surface area (Å²) in [6.45, 7) is 1.60. The molecule has 0 saturated carbocycles. The Labute approximate surface area is 134 Å². The molecular weight excluding hydrogens is 322 g/mol. The molecule has 1 aromatic rings. The average molecular weight is 341 g/mol. The number of sulfone groups is 1. The van der Waals surface area contributed by atoms with Crippen LogP contribution in [-0.2, 0) is 19.4 Å². The number of hydrogen-bond donors (Lipinski definition) is 1. The highest BCUT2D eigenvalue weighted by Crippen LogP contribution is 2.19. The topological polar surface area (TPSA) is 101 Å². The van der Waals surface area contributed by atoms with Crippen LogP contribution in [0.4, 0.5) is 0 Å².